The molecule has 1 saturated heterocycles. The van der Waals surface area contributed by atoms with Gasteiger partial charge in [-0.15, -0.1) is 0 Å². The van der Waals surface area contributed by atoms with Crippen molar-refractivity contribution in [1.29, 1.82) is 0 Å². The first kappa shape index (κ1) is 19.3. The summed E-state index contributed by atoms with van der Waals surface area (Å²) in [6.45, 7) is 8.07. The predicted octanol–water partition coefficient (Wildman–Crippen LogP) is 3.10. The van der Waals surface area contributed by atoms with Crippen molar-refractivity contribution in [3.05, 3.63) is 60.7 Å². The molecule has 1 aliphatic rings. The fourth-order valence-electron chi connectivity index (χ4n) is 4.00. The molecule has 3 nitrogen and oxygen atoms in total. The van der Waals surface area contributed by atoms with Gasteiger partial charge in [0.1, 0.15) is 0 Å². The van der Waals surface area contributed by atoms with E-state index in [2.05, 4.69) is 81.4 Å². The van der Waals surface area contributed by atoms with Crippen LogP contribution in [0.4, 0.5) is 0 Å². The standard InChI is InChI=1S/C22H30O3Si/c1-22(2,3)26(18-10-6-4-7-11-18,19-12-8-5-9-13-19)25-17-15-21-20(23)14-16-24-21/h4-13,20-21,23H,14-17H2,1-3H3/t20-,21+/m1/s1. The van der Waals surface area contributed by atoms with Gasteiger partial charge in [0.2, 0.25) is 0 Å². The van der Waals surface area contributed by atoms with Gasteiger partial charge in [-0.1, -0.05) is 81.4 Å². The van der Waals surface area contributed by atoms with Crippen LogP contribution in [-0.4, -0.2) is 38.8 Å². The average Bonchev–Trinajstić information content (AvgIpc) is 3.04. The zero-order valence-electron chi connectivity index (χ0n) is 16.0. The minimum absolute atomic E-state index is 0.0230. The predicted molar refractivity (Wildman–Crippen MR) is 109 cm³/mol. The van der Waals surface area contributed by atoms with Crippen molar-refractivity contribution in [2.45, 2.75) is 50.9 Å². The second-order valence-electron chi connectivity index (χ2n) is 8.07. The van der Waals surface area contributed by atoms with Crippen LogP contribution in [0.1, 0.15) is 33.6 Å². The molecular weight excluding hydrogens is 340 g/mol. The lowest BCUT2D eigenvalue weighted by Crippen LogP contribution is -2.66. The fourth-order valence-corrected chi connectivity index (χ4v) is 8.58. The van der Waals surface area contributed by atoms with Crippen molar-refractivity contribution < 1.29 is 14.3 Å². The Morgan fingerprint density at radius 2 is 1.54 bits per heavy atom. The summed E-state index contributed by atoms with van der Waals surface area (Å²) in [5, 5.41) is 12.6. The van der Waals surface area contributed by atoms with Gasteiger partial charge in [0.25, 0.3) is 8.32 Å². The number of hydrogen-bond donors (Lipinski definition) is 1. The van der Waals surface area contributed by atoms with E-state index in [4.69, 9.17) is 9.16 Å². The maximum absolute atomic E-state index is 10.0. The molecule has 0 unspecified atom stereocenters. The summed E-state index contributed by atoms with van der Waals surface area (Å²) in [6, 6.07) is 21.3. The molecule has 3 rings (SSSR count). The highest BCUT2D eigenvalue weighted by molar-refractivity contribution is 6.99. The molecule has 1 heterocycles. The van der Waals surface area contributed by atoms with E-state index >= 15 is 0 Å². The Bertz CT molecular complexity index is 642. The van der Waals surface area contributed by atoms with Gasteiger partial charge in [-0.05, 0) is 28.3 Å². The molecule has 0 spiro atoms. The van der Waals surface area contributed by atoms with Gasteiger partial charge in [0.05, 0.1) is 12.2 Å². The lowest BCUT2D eigenvalue weighted by Gasteiger charge is -2.43. The van der Waals surface area contributed by atoms with Crippen molar-refractivity contribution in [3.63, 3.8) is 0 Å². The molecule has 26 heavy (non-hydrogen) atoms. The van der Waals surface area contributed by atoms with E-state index in [1.54, 1.807) is 0 Å². The molecule has 0 bridgehead atoms. The highest BCUT2D eigenvalue weighted by Crippen LogP contribution is 2.37. The molecule has 2 atom stereocenters. The van der Waals surface area contributed by atoms with Gasteiger partial charge in [0.15, 0.2) is 0 Å². The van der Waals surface area contributed by atoms with Crippen LogP contribution in [0.3, 0.4) is 0 Å². The Hall–Kier alpha value is -1.46. The van der Waals surface area contributed by atoms with Crippen molar-refractivity contribution in [3.8, 4) is 0 Å². The van der Waals surface area contributed by atoms with E-state index in [0.717, 1.165) is 12.8 Å². The molecule has 0 aliphatic carbocycles. The molecule has 0 aromatic heterocycles. The van der Waals surface area contributed by atoms with E-state index in [-0.39, 0.29) is 17.2 Å². The monoisotopic (exact) mass is 370 g/mol. The molecule has 1 fully saturated rings. The van der Waals surface area contributed by atoms with Crippen LogP contribution in [0.15, 0.2) is 60.7 Å². The second-order valence-corrected chi connectivity index (χ2v) is 12.4. The summed E-state index contributed by atoms with van der Waals surface area (Å²) in [7, 11) is -2.48. The topological polar surface area (TPSA) is 38.7 Å². The maximum atomic E-state index is 10.0. The number of aliphatic hydroxyl groups excluding tert-OH is 1. The Balaban J connectivity index is 1.95. The lowest BCUT2D eigenvalue weighted by atomic mass is 10.1. The summed E-state index contributed by atoms with van der Waals surface area (Å²) in [5.74, 6) is 0. The van der Waals surface area contributed by atoms with Crippen LogP contribution in [-0.2, 0) is 9.16 Å². The normalized spacial score (nSPS) is 21.1. The average molecular weight is 371 g/mol. The smallest absolute Gasteiger partial charge is 0.261 e. The van der Waals surface area contributed by atoms with Crippen molar-refractivity contribution in [1.82, 2.24) is 0 Å². The lowest BCUT2D eigenvalue weighted by molar-refractivity contribution is 0.0272. The first-order valence-corrected chi connectivity index (χ1v) is 11.4. The van der Waals surface area contributed by atoms with Crippen LogP contribution >= 0.6 is 0 Å². The molecule has 2 aromatic carbocycles. The molecule has 0 amide bonds. The summed E-state index contributed by atoms with van der Waals surface area (Å²) in [5.41, 5.74) is 0. The van der Waals surface area contributed by atoms with Gasteiger partial charge < -0.3 is 14.3 Å². The number of ether oxygens (including phenoxy) is 1. The summed E-state index contributed by atoms with van der Waals surface area (Å²) in [6.07, 6.45) is 0.987. The van der Waals surface area contributed by atoms with Gasteiger partial charge in [-0.3, -0.25) is 0 Å². The van der Waals surface area contributed by atoms with Gasteiger partial charge in [0, 0.05) is 13.2 Å². The molecule has 4 heteroatoms. The van der Waals surface area contributed by atoms with E-state index in [0.29, 0.717) is 13.2 Å². The minimum atomic E-state index is -2.48. The highest BCUT2D eigenvalue weighted by atomic mass is 28.4. The SMILES string of the molecule is CC(C)(C)[Si](OCC[C@@H]1OCC[C@H]1O)(c1ccccc1)c1ccccc1. The van der Waals surface area contributed by atoms with Gasteiger partial charge >= 0.3 is 0 Å². The van der Waals surface area contributed by atoms with Gasteiger partial charge in [-0.2, -0.15) is 0 Å². The Morgan fingerprint density at radius 3 is 1.96 bits per heavy atom. The number of rotatable bonds is 6. The van der Waals surface area contributed by atoms with Crippen molar-refractivity contribution in [2.75, 3.05) is 13.2 Å². The first-order valence-electron chi connectivity index (χ1n) is 9.50. The van der Waals surface area contributed by atoms with Crippen LogP contribution in [0.2, 0.25) is 5.04 Å². The fraction of sp³-hybridized carbons (Fsp3) is 0.455. The van der Waals surface area contributed by atoms with Gasteiger partial charge in [-0.25, -0.2) is 0 Å². The second kappa shape index (κ2) is 8.05. The molecule has 140 valence electrons. The van der Waals surface area contributed by atoms with Crippen molar-refractivity contribution >= 4 is 18.7 Å². The van der Waals surface area contributed by atoms with Crippen LogP contribution in [0.25, 0.3) is 0 Å². The molecule has 0 saturated carbocycles. The molecule has 1 aliphatic heterocycles. The van der Waals surface area contributed by atoms with E-state index in [1.807, 2.05) is 0 Å². The van der Waals surface area contributed by atoms with E-state index < -0.39 is 8.32 Å². The quantitative estimate of drug-likeness (QED) is 0.794. The van der Waals surface area contributed by atoms with E-state index in [1.165, 1.54) is 10.4 Å². The zero-order valence-corrected chi connectivity index (χ0v) is 17.0. The zero-order chi connectivity index (χ0) is 18.6. The first-order chi connectivity index (χ1) is 12.4. The molecule has 2 aromatic rings. The third kappa shape index (κ3) is 3.79. The molecule has 1 N–H and O–H groups in total. The maximum Gasteiger partial charge on any atom is 0.261 e. The highest BCUT2D eigenvalue weighted by Gasteiger charge is 2.50. The van der Waals surface area contributed by atoms with Crippen molar-refractivity contribution in [2.24, 2.45) is 0 Å². The molecular formula is C22H30O3Si. The third-order valence-corrected chi connectivity index (χ3v) is 10.4. The number of benzene rings is 2. The van der Waals surface area contributed by atoms with Crippen LogP contribution in [0.5, 0.6) is 0 Å². The summed E-state index contributed by atoms with van der Waals surface area (Å²) >= 11 is 0. The Labute approximate surface area is 158 Å². The summed E-state index contributed by atoms with van der Waals surface area (Å²) < 4.78 is 12.5. The molecule has 0 radical (unpaired) electrons. The summed E-state index contributed by atoms with van der Waals surface area (Å²) in [4.78, 5) is 0. The third-order valence-electron chi connectivity index (χ3n) is 5.31. The number of hydrogen-bond acceptors (Lipinski definition) is 3. The largest absolute Gasteiger partial charge is 0.407 e. The van der Waals surface area contributed by atoms with Crippen LogP contribution < -0.4 is 10.4 Å². The van der Waals surface area contributed by atoms with Crippen LogP contribution in [0, 0.1) is 0 Å². The Morgan fingerprint density at radius 1 is 1.00 bits per heavy atom. The Kier molecular flexibility index (Phi) is 5.98. The minimum Gasteiger partial charge on any atom is -0.407 e. The van der Waals surface area contributed by atoms with E-state index in [9.17, 15) is 5.11 Å². The number of aliphatic hydroxyl groups is 1.